The summed E-state index contributed by atoms with van der Waals surface area (Å²) in [6, 6.07) is 7.94. The van der Waals surface area contributed by atoms with E-state index in [1.807, 2.05) is 19.9 Å². The Morgan fingerprint density at radius 2 is 1.86 bits per heavy atom. The number of nitrogens with one attached hydrogen (secondary N) is 1. The highest BCUT2D eigenvalue weighted by atomic mass is 19.4. The summed E-state index contributed by atoms with van der Waals surface area (Å²) >= 11 is 0. The number of benzene rings is 1. The van der Waals surface area contributed by atoms with E-state index < -0.39 is 12.7 Å². The molecule has 1 aromatic carbocycles. The summed E-state index contributed by atoms with van der Waals surface area (Å²) < 4.78 is 74.7. The molecule has 1 unspecified atom stereocenters. The first-order valence-electron chi connectivity index (χ1n) is 12.1. The average Bonchev–Trinajstić information content (AvgIpc) is 3.33. The number of rotatable bonds is 6. The number of hydrogen-bond donors (Lipinski definition) is 1. The van der Waals surface area contributed by atoms with Gasteiger partial charge in [-0.15, -0.1) is 0 Å². The predicted molar refractivity (Wildman–Crippen MR) is 126 cm³/mol. The van der Waals surface area contributed by atoms with Crippen LogP contribution < -0.4 is 5.32 Å². The van der Waals surface area contributed by atoms with Crippen LogP contribution in [-0.4, -0.2) is 37.6 Å². The maximum absolute atomic E-state index is 13.8. The van der Waals surface area contributed by atoms with Crippen LogP contribution in [0.3, 0.4) is 0 Å². The Bertz CT molecular complexity index is 910. The molecule has 0 bridgehead atoms. The Morgan fingerprint density at radius 1 is 1.11 bits per heavy atom. The smallest absolute Gasteiger partial charge is 0.401 e. The third kappa shape index (κ3) is 8.76. The summed E-state index contributed by atoms with van der Waals surface area (Å²) in [4.78, 5) is 0. The fourth-order valence-electron chi connectivity index (χ4n) is 4.93. The minimum absolute atomic E-state index is 0.0175. The highest BCUT2D eigenvalue weighted by Crippen LogP contribution is 2.48. The highest BCUT2D eigenvalue weighted by Gasteiger charge is 2.47. The second kappa shape index (κ2) is 12.2. The van der Waals surface area contributed by atoms with E-state index in [2.05, 4.69) is 5.32 Å². The fourth-order valence-corrected chi connectivity index (χ4v) is 4.93. The monoisotopic (exact) mass is 499 g/mol. The van der Waals surface area contributed by atoms with Crippen molar-refractivity contribution in [1.29, 1.82) is 0 Å². The fraction of sp³-hybridized carbons (Fsp3) is 0.556. The number of allylic oxidation sites excluding steroid dienone is 5. The molecular weight excluding hydrogens is 465 g/mol. The van der Waals surface area contributed by atoms with Gasteiger partial charge in [-0.2, -0.15) is 13.2 Å². The third-order valence-corrected chi connectivity index (χ3v) is 6.39. The van der Waals surface area contributed by atoms with Gasteiger partial charge in [0.25, 0.3) is 0 Å². The zero-order valence-electron chi connectivity index (χ0n) is 20.2. The molecule has 4 rings (SSSR count). The van der Waals surface area contributed by atoms with Crippen molar-refractivity contribution in [2.24, 2.45) is 11.8 Å². The van der Waals surface area contributed by atoms with E-state index in [0.717, 1.165) is 31.3 Å². The Balaban J connectivity index is 0.000000420. The molecule has 1 spiro atoms. The number of hydrogen-bond acceptors (Lipinski definition) is 3. The van der Waals surface area contributed by atoms with Gasteiger partial charge in [-0.1, -0.05) is 24.3 Å². The quantitative estimate of drug-likeness (QED) is 0.426. The van der Waals surface area contributed by atoms with Gasteiger partial charge in [-0.05, 0) is 81.9 Å². The standard InChI is InChI=1S/C21H29F4NO2.C6H5F/c1-14(2)28-19-6-4-17(22)3-5-18(19)16-10-20(27-12-16)8-7-15(9-20)11-26-13-21(23,24)25;7-6-4-2-1-3-5-6/h4-6,14-16,26H,3,7-13H2,1-2H3;1-5H/t15?,16-,20+;/m1./s1. The largest absolute Gasteiger partial charge is 0.491 e. The zero-order valence-corrected chi connectivity index (χ0v) is 20.2. The second-order valence-corrected chi connectivity index (χ2v) is 9.72. The molecule has 1 aromatic rings. The minimum atomic E-state index is -4.18. The molecule has 35 heavy (non-hydrogen) atoms. The Labute approximate surface area is 204 Å². The lowest BCUT2D eigenvalue weighted by atomic mass is 9.86. The average molecular weight is 500 g/mol. The van der Waals surface area contributed by atoms with Crippen LogP contribution in [0.25, 0.3) is 0 Å². The lowest BCUT2D eigenvalue weighted by molar-refractivity contribution is -0.125. The van der Waals surface area contributed by atoms with E-state index in [4.69, 9.17) is 9.47 Å². The van der Waals surface area contributed by atoms with Crippen molar-refractivity contribution in [2.45, 2.75) is 63.8 Å². The van der Waals surface area contributed by atoms with Crippen molar-refractivity contribution in [2.75, 3.05) is 19.7 Å². The molecule has 1 saturated carbocycles. The number of alkyl halides is 3. The zero-order chi connectivity index (χ0) is 25.5. The van der Waals surface area contributed by atoms with Crippen LogP contribution in [0, 0.1) is 17.7 Å². The predicted octanol–water partition coefficient (Wildman–Crippen LogP) is 7.03. The van der Waals surface area contributed by atoms with Gasteiger partial charge in [0.1, 0.15) is 17.4 Å². The lowest BCUT2D eigenvalue weighted by Gasteiger charge is -2.24. The van der Waals surface area contributed by atoms with Crippen LogP contribution >= 0.6 is 0 Å². The molecule has 194 valence electrons. The van der Waals surface area contributed by atoms with Crippen molar-refractivity contribution in [3.63, 3.8) is 0 Å². The first kappa shape index (κ1) is 27.4. The lowest BCUT2D eigenvalue weighted by Crippen LogP contribution is -2.33. The van der Waals surface area contributed by atoms with Gasteiger partial charge in [0, 0.05) is 12.3 Å². The van der Waals surface area contributed by atoms with Crippen LogP contribution in [0.4, 0.5) is 22.0 Å². The third-order valence-electron chi connectivity index (χ3n) is 6.39. The number of halogens is 5. The van der Waals surface area contributed by atoms with Gasteiger partial charge < -0.3 is 14.8 Å². The summed E-state index contributed by atoms with van der Waals surface area (Å²) in [5, 5.41) is 2.52. The molecule has 2 aliphatic carbocycles. The van der Waals surface area contributed by atoms with Crippen LogP contribution in [0.5, 0.6) is 0 Å². The molecule has 2 fully saturated rings. The van der Waals surface area contributed by atoms with Gasteiger partial charge in [0.05, 0.1) is 24.9 Å². The van der Waals surface area contributed by atoms with Gasteiger partial charge in [0.15, 0.2) is 0 Å². The van der Waals surface area contributed by atoms with E-state index in [1.165, 1.54) is 18.2 Å². The SMILES string of the molecule is CC(C)OC1=CC=C(F)CC=C1[C@H]1CO[C@]2(CCC(CNCC(F)(F)F)C2)C1.Fc1ccccc1. The summed E-state index contributed by atoms with van der Waals surface area (Å²) in [6.07, 6.45) is 4.34. The molecule has 3 nitrogen and oxygen atoms in total. The van der Waals surface area contributed by atoms with E-state index in [-0.39, 0.29) is 41.6 Å². The molecule has 1 saturated heterocycles. The van der Waals surface area contributed by atoms with Crippen molar-refractivity contribution in [3.05, 3.63) is 71.5 Å². The molecule has 1 heterocycles. The van der Waals surface area contributed by atoms with Crippen LogP contribution in [0.15, 0.2) is 65.7 Å². The van der Waals surface area contributed by atoms with E-state index in [9.17, 15) is 22.0 Å². The van der Waals surface area contributed by atoms with E-state index in [0.29, 0.717) is 18.9 Å². The normalized spacial score (nSPS) is 26.6. The van der Waals surface area contributed by atoms with E-state index >= 15 is 0 Å². The highest BCUT2D eigenvalue weighted by molar-refractivity contribution is 5.36. The maximum Gasteiger partial charge on any atom is 0.401 e. The van der Waals surface area contributed by atoms with Gasteiger partial charge in [0.2, 0.25) is 0 Å². The van der Waals surface area contributed by atoms with Gasteiger partial charge in [-0.3, -0.25) is 0 Å². The molecular formula is C27H34F5NO2. The summed E-state index contributed by atoms with van der Waals surface area (Å²) in [6.45, 7) is 3.81. The topological polar surface area (TPSA) is 30.5 Å². The summed E-state index contributed by atoms with van der Waals surface area (Å²) in [7, 11) is 0. The van der Waals surface area contributed by atoms with Crippen LogP contribution in [-0.2, 0) is 9.47 Å². The van der Waals surface area contributed by atoms with Crippen LogP contribution in [0.1, 0.15) is 46.0 Å². The first-order chi connectivity index (χ1) is 16.6. The minimum Gasteiger partial charge on any atom is -0.491 e. The molecule has 8 heteroatoms. The Kier molecular flexibility index (Phi) is 9.53. The van der Waals surface area contributed by atoms with Crippen LogP contribution in [0.2, 0.25) is 0 Å². The second-order valence-electron chi connectivity index (χ2n) is 9.72. The Morgan fingerprint density at radius 3 is 2.49 bits per heavy atom. The van der Waals surface area contributed by atoms with Crippen molar-refractivity contribution in [3.8, 4) is 0 Å². The molecule has 0 amide bonds. The molecule has 0 radical (unpaired) electrons. The van der Waals surface area contributed by atoms with Crippen molar-refractivity contribution >= 4 is 0 Å². The van der Waals surface area contributed by atoms with E-state index in [1.54, 1.807) is 24.3 Å². The first-order valence-corrected chi connectivity index (χ1v) is 12.1. The molecule has 1 aliphatic heterocycles. The summed E-state index contributed by atoms with van der Waals surface area (Å²) in [5.74, 6) is 0.610. The van der Waals surface area contributed by atoms with Crippen molar-refractivity contribution < 1.29 is 31.4 Å². The molecule has 1 N–H and O–H groups in total. The Hall–Kier alpha value is -2.19. The maximum atomic E-state index is 13.8. The molecule has 3 aliphatic rings. The number of ether oxygens (including phenoxy) is 2. The van der Waals surface area contributed by atoms with Gasteiger partial charge in [-0.25, -0.2) is 8.78 Å². The molecule has 0 aromatic heterocycles. The van der Waals surface area contributed by atoms with Crippen molar-refractivity contribution in [1.82, 2.24) is 5.32 Å². The molecule has 3 atom stereocenters. The van der Waals surface area contributed by atoms with Gasteiger partial charge >= 0.3 is 6.18 Å². The summed E-state index contributed by atoms with van der Waals surface area (Å²) in [5.41, 5.74) is 0.699.